The van der Waals surface area contributed by atoms with Gasteiger partial charge < -0.3 is 0 Å². The Morgan fingerprint density at radius 2 is 0.438 bits per heavy atom. The van der Waals surface area contributed by atoms with Crippen molar-refractivity contribution >= 4 is 0 Å². The highest BCUT2D eigenvalue weighted by molar-refractivity contribution is 4.72. The van der Waals surface area contributed by atoms with Gasteiger partial charge in [-0.05, 0) is 11.8 Å². The fraction of sp³-hybridized carbons (Fsp3) is 1.00. The average molecular weight is 451 g/mol. The van der Waals surface area contributed by atoms with Crippen molar-refractivity contribution in [2.45, 2.75) is 195 Å². The van der Waals surface area contributed by atoms with Gasteiger partial charge in [0.1, 0.15) is 0 Å². The standard InChI is InChI=1S/C32H66/c1-5-9-13-17-19-20-22-26-30-32(28-24-16-12-8-4)31(27-23-15-11-7-3)29-25-21-18-14-10-6-2/h31-32H,5-30H2,1-4H3. The van der Waals surface area contributed by atoms with Gasteiger partial charge in [0.15, 0.2) is 0 Å². The van der Waals surface area contributed by atoms with E-state index in [1.165, 1.54) is 167 Å². The van der Waals surface area contributed by atoms with Gasteiger partial charge in [0.2, 0.25) is 0 Å². The monoisotopic (exact) mass is 451 g/mol. The van der Waals surface area contributed by atoms with Crippen LogP contribution in [0.15, 0.2) is 0 Å². The minimum absolute atomic E-state index is 1.03. The summed E-state index contributed by atoms with van der Waals surface area (Å²) in [5, 5.41) is 0. The van der Waals surface area contributed by atoms with Crippen LogP contribution >= 0.6 is 0 Å². The summed E-state index contributed by atoms with van der Waals surface area (Å²) in [5.74, 6) is 2.06. The number of unbranched alkanes of at least 4 members (excludes halogenated alkanes) is 18. The van der Waals surface area contributed by atoms with Crippen LogP contribution < -0.4 is 0 Å². The minimum Gasteiger partial charge on any atom is -0.0654 e. The van der Waals surface area contributed by atoms with Crippen LogP contribution in [0, 0.1) is 11.8 Å². The van der Waals surface area contributed by atoms with Crippen molar-refractivity contribution < 1.29 is 0 Å². The molecule has 0 aliphatic carbocycles. The lowest BCUT2D eigenvalue weighted by Gasteiger charge is -2.28. The van der Waals surface area contributed by atoms with Crippen molar-refractivity contribution in [2.75, 3.05) is 0 Å². The Kier molecular flexibility index (Phi) is 27.2. The van der Waals surface area contributed by atoms with Crippen LogP contribution in [0.4, 0.5) is 0 Å². The Bertz CT molecular complexity index is 320. The van der Waals surface area contributed by atoms with Gasteiger partial charge in [-0.1, -0.05) is 195 Å². The van der Waals surface area contributed by atoms with Crippen molar-refractivity contribution in [1.82, 2.24) is 0 Å². The third-order valence-electron chi connectivity index (χ3n) is 7.88. The molecule has 0 aromatic heterocycles. The SMILES string of the molecule is CCCCCCCCCCC(CCCCCC)C(CCCCCC)CCCCCCCC. The molecule has 0 N–H and O–H groups in total. The van der Waals surface area contributed by atoms with Crippen LogP contribution in [0.2, 0.25) is 0 Å². The van der Waals surface area contributed by atoms with E-state index in [9.17, 15) is 0 Å². The maximum atomic E-state index is 2.35. The van der Waals surface area contributed by atoms with E-state index in [2.05, 4.69) is 27.7 Å². The summed E-state index contributed by atoms with van der Waals surface area (Å²) in [6.45, 7) is 9.37. The quantitative estimate of drug-likeness (QED) is 0.109. The number of hydrogen-bond acceptors (Lipinski definition) is 0. The van der Waals surface area contributed by atoms with E-state index in [1.54, 1.807) is 0 Å². The van der Waals surface area contributed by atoms with Crippen LogP contribution in [0.3, 0.4) is 0 Å². The molecule has 0 rings (SSSR count). The molecule has 0 fully saturated rings. The van der Waals surface area contributed by atoms with Gasteiger partial charge in [0, 0.05) is 0 Å². The topological polar surface area (TPSA) is 0 Å². The largest absolute Gasteiger partial charge is 0.0654 e. The first kappa shape index (κ1) is 32.0. The fourth-order valence-corrected chi connectivity index (χ4v) is 5.63. The molecule has 0 aromatic rings. The predicted octanol–water partition coefficient (Wildman–Crippen LogP) is 12.4. The molecule has 0 saturated heterocycles. The average Bonchev–Trinajstić information content (AvgIpc) is 2.80. The molecule has 0 spiro atoms. The molecule has 2 atom stereocenters. The molecule has 2 unspecified atom stereocenters. The third kappa shape index (κ3) is 21.8. The summed E-state index contributed by atoms with van der Waals surface area (Å²) < 4.78 is 0. The minimum atomic E-state index is 1.03. The Morgan fingerprint density at radius 3 is 0.688 bits per heavy atom. The second-order valence-corrected chi connectivity index (χ2v) is 11.0. The van der Waals surface area contributed by atoms with Crippen molar-refractivity contribution in [3.05, 3.63) is 0 Å². The van der Waals surface area contributed by atoms with Crippen molar-refractivity contribution in [1.29, 1.82) is 0 Å². The Morgan fingerprint density at radius 1 is 0.250 bits per heavy atom. The summed E-state index contributed by atoms with van der Waals surface area (Å²) in [5.41, 5.74) is 0. The van der Waals surface area contributed by atoms with Crippen LogP contribution in [-0.2, 0) is 0 Å². The highest BCUT2D eigenvalue weighted by atomic mass is 14.3. The van der Waals surface area contributed by atoms with Gasteiger partial charge in [0.05, 0.1) is 0 Å². The molecule has 0 heterocycles. The van der Waals surface area contributed by atoms with Gasteiger partial charge in [-0.2, -0.15) is 0 Å². The second-order valence-electron chi connectivity index (χ2n) is 11.0. The van der Waals surface area contributed by atoms with Crippen molar-refractivity contribution in [2.24, 2.45) is 11.8 Å². The molecule has 0 aromatic carbocycles. The van der Waals surface area contributed by atoms with Gasteiger partial charge in [0.25, 0.3) is 0 Å². The van der Waals surface area contributed by atoms with Crippen molar-refractivity contribution in [3.8, 4) is 0 Å². The lowest BCUT2D eigenvalue weighted by Crippen LogP contribution is -2.16. The predicted molar refractivity (Wildman–Crippen MR) is 150 cm³/mol. The van der Waals surface area contributed by atoms with Crippen LogP contribution in [0.1, 0.15) is 195 Å². The van der Waals surface area contributed by atoms with Crippen molar-refractivity contribution in [3.63, 3.8) is 0 Å². The third-order valence-corrected chi connectivity index (χ3v) is 7.88. The first-order valence-electron chi connectivity index (χ1n) is 15.8. The first-order valence-corrected chi connectivity index (χ1v) is 15.8. The molecule has 0 radical (unpaired) electrons. The first-order chi connectivity index (χ1) is 15.8. The molecule has 194 valence electrons. The summed E-state index contributed by atoms with van der Waals surface area (Å²) in [6.07, 6.45) is 38.2. The molecule has 0 aliphatic rings. The summed E-state index contributed by atoms with van der Waals surface area (Å²) in [7, 11) is 0. The number of hydrogen-bond donors (Lipinski definition) is 0. The highest BCUT2D eigenvalue weighted by Gasteiger charge is 2.20. The van der Waals surface area contributed by atoms with Gasteiger partial charge >= 0.3 is 0 Å². The molecule has 0 bridgehead atoms. The molecular formula is C32H66. The molecular weight excluding hydrogens is 384 g/mol. The smallest absolute Gasteiger partial charge is 0.0386 e. The number of rotatable bonds is 27. The summed E-state index contributed by atoms with van der Waals surface area (Å²) in [6, 6.07) is 0. The maximum absolute atomic E-state index is 2.35. The van der Waals surface area contributed by atoms with E-state index < -0.39 is 0 Å². The zero-order chi connectivity index (χ0) is 23.5. The lowest BCUT2D eigenvalue weighted by atomic mass is 9.78. The van der Waals surface area contributed by atoms with Gasteiger partial charge in [-0.15, -0.1) is 0 Å². The van der Waals surface area contributed by atoms with E-state index in [0.29, 0.717) is 0 Å². The Hall–Kier alpha value is 0. The maximum Gasteiger partial charge on any atom is -0.0386 e. The van der Waals surface area contributed by atoms with E-state index in [0.717, 1.165) is 11.8 Å². The zero-order valence-corrected chi connectivity index (χ0v) is 23.5. The van der Waals surface area contributed by atoms with Gasteiger partial charge in [-0.3, -0.25) is 0 Å². The molecule has 0 amide bonds. The molecule has 0 saturated carbocycles. The van der Waals surface area contributed by atoms with E-state index in [4.69, 9.17) is 0 Å². The van der Waals surface area contributed by atoms with Gasteiger partial charge in [-0.25, -0.2) is 0 Å². The lowest BCUT2D eigenvalue weighted by molar-refractivity contribution is 0.236. The van der Waals surface area contributed by atoms with Crippen LogP contribution in [-0.4, -0.2) is 0 Å². The van der Waals surface area contributed by atoms with E-state index in [-0.39, 0.29) is 0 Å². The van der Waals surface area contributed by atoms with E-state index in [1.807, 2.05) is 0 Å². The Balaban J connectivity index is 4.52. The summed E-state index contributed by atoms with van der Waals surface area (Å²) >= 11 is 0. The fourth-order valence-electron chi connectivity index (χ4n) is 5.63. The highest BCUT2D eigenvalue weighted by Crippen LogP contribution is 2.33. The Labute approximate surface area is 206 Å². The molecule has 32 heavy (non-hydrogen) atoms. The van der Waals surface area contributed by atoms with E-state index >= 15 is 0 Å². The normalized spacial score (nSPS) is 13.5. The zero-order valence-electron chi connectivity index (χ0n) is 23.5. The molecule has 0 aliphatic heterocycles. The van der Waals surface area contributed by atoms with Crippen LogP contribution in [0.5, 0.6) is 0 Å². The molecule has 0 nitrogen and oxygen atoms in total. The second kappa shape index (κ2) is 27.2. The summed E-state index contributed by atoms with van der Waals surface area (Å²) in [4.78, 5) is 0. The molecule has 0 heteroatoms. The van der Waals surface area contributed by atoms with Crippen LogP contribution in [0.25, 0.3) is 0 Å².